The molecule has 0 aliphatic rings. The molecule has 20 heavy (non-hydrogen) atoms. The number of benzene rings is 1. The largest absolute Gasteiger partial charge is 0.396 e. The van der Waals surface area contributed by atoms with E-state index in [-0.39, 0.29) is 11.3 Å². The van der Waals surface area contributed by atoms with E-state index in [2.05, 4.69) is 21.2 Å². The minimum atomic E-state index is -0.923. The molecular weight excluding hydrogens is 350 g/mol. The van der Waals surface area contributed by atoms with Gasteiger partial charge in [-0.3, -0.25) is 4.79 Å². The number of hydrogen-bond donors (Lipinski definition) is 2. The van der Waals surface area contributed by atoms with Crippen molar-refractivity contribution in [1.29, 1.82) is 0 Å². The first-order chi connectivity index (χ1) is 9.47. The molecule has 0 radical (unpaired) electrons. The van der Waals surface area contributed by atoms with Gasteiger partial charge in [0.05, 0.1) is 15.0 Å². The van der Waals surface area contributed by atoms with E-state index in [0.717, 1.165) is 14.7 Å². The van der Waals surface area contributed by atoms with Gasteiger partial charge in [-0.15, -0.1) is 11.3 Å². The number of nitrogen functional groups attached to an aromatic ring is 1. The van der Waals surface area contributed by atoms with E-state index >= 15 is 0 Å². The van der Waals surface area contributed by atoms with Crippen LogP contribution in [0.3, 0.4) is 0 Å². The average Bonchev–Trinajstić information content (AvgIpc) is 2.79. The summed E-state index contributed by atoms with van der Waals surface area (Å²) in [4.78, 5) is 12.9. The lowest BCUT2D eigenvalue weighted by Crippen LogP contribution is -2.26. The standard InChI is InChI=1S/C13H11BrF2N2OS/c14-12-2-1-7(20-12)3-4-18-13(19)8-5-11(17)10(16)6-9(8)15/h1-2,5-6H,3-4,17H2,(H,18,19). The van der Waals surface area contributed by atoms with Crippen LogP contribution >= 0.6 is 27.3 Å². The van der Waals surface area contributed by atoms with E-state index in [0.29, 0.717) is 19.0 Å². The normalized spacial score (nSPS) is 10.6. The number of halogens is 3. The summed E-state index contributed by atoms with van der Waals surface area (Å²) in [5.74, 6) is -2.40. The van der Waals surface area contributed by atoms with Gasteiger partial charge in [0.25, 0.3) is 5.91 Å². The molecule has 0 aliphatic heterocycles. The summed E-state index contributed by atoms with van der Waals surface area (Å²) < 4.78 is 27.5. The van der Waals surface area contributed by atoms with E-state index in [4.69, 9.17) is 5.73 Å². The van der Waals surface area contributed by atoms with Crippen molar-refractivity contribution in [2.45, 2.75) is 6.42 Å². The first kappa shape index (κ1) is 14.9. The molecule has 1 amide bonds. The highest BCUT2D eigenvalue weighted by Gasteiger charge is 2.14. The molecule has 3 N–H and O–H groups in total. The Hall–Kier alpha value is -1.47. The number of thiophene rings is 1. The molecule has 0 saturated heterocycles. The van der Waals surface area contributed by atoms with E-state index < -0.39 is 17.5 Å². The van der Waals surface area contributed by atoms with Gasteiger partial charge in [0.1, 0.15) is 11.6 Å². The quantitative estimate of drug-likeness (QED) is 0.821. The van der Waals surface area contributed by atoms with Gasteiger partial charge in [0.15, 0.2) is 0 Å². The van der Waals surface area contributed by atoms with Crippen molar-refractivity contribution in [3.05, 3.63) is 50.1 Å². The second kappa shape index (κ2) is 6.32. The molecular formula is C13H11BrF2N2OS. The molecule has 7 heteroatoms. The van der Waals surface area contributed by atoms with Gasteiger partial charge in [0.2, 0.25) is 0 Å². The minimum Gasteiger partial charge on any atom is -0.396 e. The Bertz CT molecular complexity index is 645. The second-order valence-corrected chi connectivity index (χ2v) is 6.61. The molecule has 2 rings (SSSR count). The summed E-state index contributed by atoms with van der Waals surface area (Å²) >= 11 is 4.91. The molecule has 0 atom stereocenters. The number of anilines is 1. The Morgan fingerprint density at radius 3 is 2.70 bits per heavy atom. The van der Waals surface area contributed by atoms with E-state index in [9.17, 15) is 13.6 Å². The Kier molecular flexibility index (Phi) is 4.72. The minimum absolute atomic E-state index is 0.251. The number of nitrogens with one attached hydrogen (secondary N) is 1. The Morgan fingerprint density at radius 1 is 1.30 bits per heavy atom. The average molecular weight is 361 g/mol. The van der Waals surface area contributed by atoms with E-state index in [1.54, 1.807) is 11.3 Å². The van der Waals surface area contributed by atoms with Crippen molar-refractivity contribution >= 4 is 38.9 Å². The fourth-order valence-corrected chi connectivity index (χ4v) is 3.10. The van der Waals surface area contributed by atoms with Crippen LogP contribution in [0, 0.1) is 11.6 Å². The van der Waals surface area contributed by atoms with E-state index in [1.807, 2.05) is 12.1 Å². The smallest absolute Gasteiger partial charge is 0.254 e. The van der Waals surface area contributed by atoms with Crippen molar-refractivity contribution in [3.8, 4) is 0 Å². The summed E-state index contributed by atoms with van der Waals surface area (Å²) in [6.07, 6.45) is 0.639. The van der Waals surface area contributed by atoms with Crippen LogP contribution in [0.1, 0.15) is 15.2 Å². The van der Waals surface area contributed by atoms with Gasteiger partial charge in [-0.1, -0.05) is 0 Å². The maximum atomic E-state index is 13.5. The molecule has 0 unspecified atom stereocenters. The van der Waals surface area contributed by atoms with Crippen LogP contribution in [0.5, 0.6) is 0 Å². The molecule has 2 aromatic rings. The first-order valence-electron chi connectivity index (χ1n) is 5.74. The number of carbonyl (C=O) groups excluding carboxylic acids is 1. The number of amides is 1. The van der Waals surface area contributed by atoms with Crippen molar-refractivity contribution in [2.75, 3.05) is 12.3 Å². The van der Waals surface area contributed by atoms with Gasteiger partial charge < -0.3 is 11.1 Å². The van der Waals surface area contributed by atoms with Crippen LogP contribution in [0.15, 0.2) is 28.1 Å². The number of nitrogens with two attached hydrogens (primary N) is 1. The van der Waals surface area contributed by atoms with Gasteiger partial charge in [-0.25, -0.2) is 8.78 Å². The Morgan fingerprint density at radius 2 is 2.05 bits per heavy atom. The highest BCUT2D eigenvalue weighted by Crippen LogP contribution is 2.22. The number of hydrogen-bond acceptors (Lipinski definition) is 3. The van der Waals surface area contributed by atoms with Gasteiger partial charge in [0, 0.05) is 17.5 Å². The molecule has 0 spiro atoms. The lowest BCUT2D eigenvalue weighted by Gasteiger charge is -2.07. The first-order valence-corrected chi connectivity index (χ1v) is 7.35. The van der Waals surface area contributed by atoms with Gasteiger partial charge >= 0.3 is 0 Å². The zero-order chi connectivity index (χ0) is 14.7. The molecule has 1 heterocycles. The monoisotopic (exact) mass is 360 g/mol. The number of carbonyl (C=O) groups is 1. The lowest BCUT2D eigenvalue weighted by molar-refractivity contribution is 0.0950. The maximum absolute atomic E-state index is 13.5. The van der Waals surface area contributed by atoms with Gasteiger partial charge in [-0.05, 0) is 40.5 Å². The third-order valence-corrected chi connectivity index (χ3v) is 4.30. The predicted molar refractivity (Wildman–Crippen MR) is 78.8 cm³/mol. The third-order valence-electron chi connectivity index (χ3n) is 2.62. The molecule has 1 aromatic carbocycles. The predicted octanol–water partition coefficient (Wildman–Crippen LogP) is 3.34. The van der Waals surface area contributed by atoms with Crippen LogP contribution in [0.2, 0.25) is 0 Å². The molecule has 106 valence electrons. The summed E-state index contributed by atoms with van der Waals surface area (Å²) in [5.41, 5.74) is 4.82. The van der Waals surface area contributed by atoms with Crippen molar-refractivity contribution < 1.29 is 13.6 Å². The van der Waals surface area contributed by atoms with Crippen molar-refractivity contribution in [1.82, 2.24) is 5.32 Å². The summed E-state index contributed by atoms with van der Waals surface area (Å²) in [5, 5.41) is 2.58. The highest BCUT2D eigenvalue weighted by molar-refractivity contribution is 9.11. The second-order valence-electron chi connectivity index (χ2n) is 4.07. The van der Waals surface area contributed by atoms with Crippen LogP contribution in [0.4, 0.5) is 14.5 Å². The van der Waals surface area contributed by atoms with Crippen LogP contribution < -0.4 is 11.1 Å². The molecule has 0 aliphatic carbocycles. The summed E-state index contributed by atoms with van der Waals surface area (Å²) in [6.45, 7) is 0.364. The highest BCUT2D eigenvalue weighted by atomic mass is 79.9. The zero-order valence-electron chi connectivity index (χ0n) is 10.3. The molecule has 0 bridgehead atoms. The fraction of sp³-hybridized carbons (Fsp3) is 0.154. The van der Waals surface area contributed by atoms with E-state index in [1.165, 1.54) is 0 Å². The summed E-state index contributed by atoms with van der Waals surface area (Å²) in [7, 11) is 0. The molecule has 3 nitrogen and oxygen atoms in total. The fourth-order valence-electron chi connectivity index (χ4n) is 1.62. The lowest BCUT2D eigenvalue weighted by atomic mass is 10.1. The third kappa shape index (κ3) is 3.55. The van der Waals surface area contributed by atoms with Crippen molar-refractivity contribution in [3.63, 3.8) is 0 Å². The zero-order valence-corrected chi connectivity index (χ0v) is 12.7. The molecule has 1 aromatic heterocycles. The van der Waals surface area contributed by atoms with Crippen LogP contribution in [-0.2, 0) is 6.42 Å². The Labute approximate surface area is 126 Å². The topological polar surface area (TPSA) is 55.1 Å². The Balaban J connectivity index is 1.97. The SMILES string of the molecule is Nc1cc(C(=O)NCCc2ccc(Br)s2)c(F)cc1F. The van der Waals surface area contributed by atoms with Crippen LogP contribution in [-0.4, -0.2) is 12.5 Å². The maximum Gasteiger partial charge on any atom is 0.254 e. The molecule has 0 saturated carbocycles. The summed E-state index contributed by atoms with van der Waals surface area (Å²) in [6, 6.07) is 5.47. The molecule has 0 fully saturated rings. The van der Waals surface area contributed by atoms with Gasteiger partial charge in [-0.2, -0.15) is 0 Å². The van der Waals surface area contributed by atoms with Crippen LogP contribution in [0.25, 0.3) is 0 Å². The number of rotatable bonds is 4. The van der Waals surface area contributed by atoms with Crippen molar-refractivity contribution in [2.24, 2.45) is 0 Å².